The molecule has 2 N–H and O–H groups in total. The summed E-state index contributed by atoms with van der Waals surface area (Å²) < 4.78 is 0. The molecule has 4 amide bonds. The fourth-order valence-corrected chi connectivity index (χ4v) is 3.65. The molecule has 2 fully saturated rings. The summed E-state index contributed by atoms with van der Waals surface area (Å²) in [6, 6.07) is 5.96. The zero-order valence-electron chi connectivity index (χ0n) is 16.0. The number of carbonyl (C=O) groups excluding carboxylic acids is 4. The third-order valence-corrected chi connectivity index (χ3v) is 5.42. The Kier molecular flexibility index (Phi) is 7.05. The Bertz CT molecular complexity index is 782. The van der Waals surface area contributed by atoms with Gasteiger partial charge in [0.25, 0.3) is 0 Å². The number of benzene rings is 1. The van der Waals surface area contributed by atoms with Crippen molar-refractivity contribution in [3.8, 4) is 0 Å². The molecule has 9 nitrogen and oxygen atoms in total. The molecule has 1 aromatic rings. The van der Waals surface area contributed by atoms with Crippen LogP contribution in [0.1, 0.15) is 6.42 Å². The highest BCUT2D eigenvalue weighted by Crippen LogP contribution is 2.21. The highest BCUT2D eigenvalue weighted by Gasteiger charge is 2.35. The summed E-state index contributed by atoms with van der Waals surface area (Å²) in [6.07, 6.45) is 0.656. The van der Waals surface area contributed by atoms with Crippen LogP contribution in [0.3, 0.4) is 0 Å². The van der Waals surface area contributed by atoms with E-state index in [0.29, 0.717) is 50.0 Å². The third kappa shape index (κ3) is 5.45. The van der Waals surface area contributed by atoms with Gasteiger partial charge in [-0.3, -0.25) is 24.1 Å². The fourth-order valence-electron chi connectivity index (χ4n) is 3.46. The third-order valence-electron chi connectivity index (χ3n) is 5.09. The van der Waals surface area contributed by atoms with Crippen molar-refractivity contribution in [2.24, 2.45) is 0 Å². The normalized spacial score (nSPS) is 20.2. The molecule has 3 rings (SSSR count). The minimum Gasteiger partial charge on any atom is -0.353 e. The van der Waals surface area contributed by atoms with Gasteiger partial charge in [0.1, 0.15) is 6.04 Å². The van der Waals surface area contributed by atoms with Gasteiger partial charge in [-0.25, -0.2) is 0 Å². The Morgan fingerprint density at radius 2 is 1.90 bits per heavy atom. The van der Waals surface area contributed by atoms with Crippen molar-refractivity contribution in [2.45, 2.75) is 12.5 Å². The number of nitrogens with one attached hydrogen (secondary N) is 2. The Hall–Kier alpha value is -2.65. The average molecular weight is 422 g/mol. The lowest BCUT2D eigenvalue weighted by molar-refractivity contribution is -0.145. The number of hydrogen-bond acceptors (Lipinski definition) is 5. The molecule has 0 radical (unpaired) electrons. The van der Waals surface area contributed by atoms with Crippen LogP contribution in [-0.4, -0.2) is 90.7 Å². The van der Waals surface area contributed by atoms with E-state index in [1.54, 1.807) is 29.2 Å². The van der Waals surface area contributed by atoms with E-state index in [1.807, 2.05) is 4.90 Å². The van der Waals surface area contributed by atoms with Crippen molar-refractivity contribution < 1.29 is 19.2 Å². The van der Waals surface area contributed by atoms with Gasteiger partial charge in [-0.05, 0) is 12.1 Å². The number of para-hydroxylation sites is 1. The predicted molar refractivity (Wildman–Crippen MR) is 107 cm³/mol. The number of anilines is 1. The van der Waals surface area contributed by atoms with E-state index in [2.05, 4.69) is 10.6 Å². The van der Waals surface area contributed by atoms with E-state index in [9.17, 15) is 19.2 Å². The maximum absolute atomic E-state index is 12.8. The second-order valence-electron chi connectivity index (χ2n) is 7.04. The second kappa shape index (κ2) is 9.71. The maximum atomic E-state index is 12.8. The molecule has 29 heavy (non-hydrogen) atoms. The van der Waals surface area contributed by atoms with Crippen LogP contribution in [-0.2, 0) is 19.2 Å². The van der Waals surface area contributed by atoms with Crippen LogP contribution in [0.15, 0.2) is 24.3 Å². The minimum atomic E-state index is -0.866. The minimum absolute atomic E-state index is 0.151. The molecule has 0 aliphatic carbocycles. The molecule has 156 valence electrons. The number of halogens is 1. The largest absolute Gasteiger partial charge is 0.353 e. The molecule has 10 heteroatoms. The first-order valence-corrected chi connectivity index (χ1v) is 9.89. The lowest BCUT2D eigenvalue weighted by atomic mass is 10.1. The van der Waals surface area contributed by atoms with E-state index in [-0.39, 0.29) is 24.8 Å². The van der Waals surface area contributed by atoms with E-state index >= 15 is 0 Å². The molecule has 1 atom stereocenters. The van der Waals surface area contributed by atoms with Crippen LogP contribution >= 0.6 is 11.6 Å². The van der Waals surface area contributed by atoms with Crippen molar-refractivity contribution in [1.82, 2.24) is 20.0 Å². The van der Waals surface area contributed by atoms with Crippen LogP contribution in [0.4, 0.5) is 5.69 Å². The summed E-state index contributed by atoms with van der Waals surface area (Å²) in [4.78, 5) is 53.6. The summed E-state index contributed by atoms with van der Waals surface area (Å²) in [5.41, 5.74) is 0.460. The molecular formula is C19H24ClN5O4. The van der Waals surface area contributed by atoms with Crippen LogP contribution in [0.2, 0.25) is 5.02 Å². The van der Waals surface area contributed by atoms with Crippen LogP contribution in [0.25, 0.3) is 0 Å². The summed E-state index contributed by atoms with van der Waals surface area (Å²) in [5.74, 6) is -0.933. The Morgan fingerprint density at radius 1 is 1.17 bits per heavy atom. The molecule has 2 aliphatic heterocycles. The second-order valence-corrected chi connectivity index (χ2v) is 7.45. The first kappa shape index (κ1) is 21.1. The maximum Gasteiger partial charge on any atom is 0.243 e. The van der Waals surface area contributed by atoms with Crippen LogP contribution in [0.5, 0.6) is 0 Å². The van der Waals surface area contributed by atoms with Gasteiger partial charge >= 0.3 is 0 Å². The highest BCUT2D eigenvalue weighted by molar-refractivity contribution is 6.33. The Labute approximate surface area is 173 Å². The first-order chi connectivity index (χ1) is 14.0. The van der Waals surface area contributed by atoms with Gasteiger partial charge in [0.2, 0.25) is 24.1 Å². The molecule has 0 aromatic heterocycles. The molecule has 2 heterocycles. The molecule has 2 saturated heterocycles. The highest BCUT2D eigenvalue weighted by atomic mass is 35.5. The summed E-state index contributed by atoms with van der Waals surface area (Å²) in [7, 11) is 0. The molecular weight excluding hydrogens is 398 g/mol. The van der Waals surface area contributed by atoms with Gasteiger partial charge in [-0.15, -0.1) is 0 Å². The van der Waals surface area contributed by atoms with Gasteiger partial charge < -0.3 is 20.4 Å². The molecule has 0 bridgehead atoms. The predicted octanol–water partition coefficient (Wildman–Crippen LogP) is -0.230. The van der Waals surface area contributed by atoms with E-state index in [0.717, 1.165) is 6.41 Å². The zero-order valence-corrected chi connectivity index (χ0v) is 16.7. The SMILES string of the molecule is O=CN1CCN(CC(=O)N2CCNC(=O)[C@H]2CC(=O)Nc2ccccc2Cl)CC1. The Morgan fingerprint density at radius 3 is 2.59 bits per heavy atom. The molecule has 0 unspecified atom stereocenters. The van der Waals surface area contributed by atoms with Crippen molar-refractivity contribution in [3.63, 3.8) is 0 Å². The lowest BCUT2D eigenvalue weighted by Gasteiger charge is -2.37. The molecule has 1 aromatic carbocycles. The van der Waals surface area contributed by atoms with E-state index in [4.69, 9.17) is 11.6 Å². The topological polar surface area (TPSA) is 102 Å². The smallest absolute Gasteiger partial charge is 0.243 e. The van der Waals surface area contributed by atoms with Gasteiger partial charge in [-0.1, -0.05) is 23.7 Å². The summed E-state index contributed by atoms with van der Waals surface area (Å²) in [5, 5.41) is 5.81. The first-order valence-electron chi connectivity index (χ1n) is 9.51. The van der Waals surface area contributed by atoms with Gasteiger partial charge in [-0.2, -0.15) is 0 Å². The lowest BCUT2D eigenvalue weighted by Crippen LogP contribution is -2.60. The van der Waals surface area contributed by atoms with Gasteiger partial charge in [0, 0.05) is 39.3 Å². The van der Waals surface area contributed by atoms with Crippen molar-refractivity contribution in [2.75, 3.05) is 51.1 Å². The fraction of sp³-hybridized carbons (Fsp3) is 0.474. The number of piperazine rings is 2. The number of carbonyl (C=O) groups is 4. The number of nitrogens with zero attached hydrogens (tertiary/aromatic N) is 3. The zero-order chi connectivity index (χ0) is 20.8. The number of rotatable bonds is 6. The number of amides is 4. The number of hydrogen-bond donors (Lipinski definition) is 2. The van der Waals surface area contributed by atoms with E-state index in [1.165, 1.54) is 4.90 Å². The average Bonchev–Trinajstić information content (AvgIpc) is 2.71. The van der Waals surface area contributed by atoms with Gasteiger partial charge in [0.15, 0.2) is 0 Å². The monoisotopic (exact) mass is 421 g/mol. The van der Waals surface area contributed by atoms with Gasteiger partial charge in [0.05, 0.1) is 23.7 Å². The van der Waals surface area contributed by atoms with Crippen molar-refractivity contribution in [1.29, 1.82) is 0 Å². The van der Waals surface area contributed by atoms with Crippen molar-refractivity contribution >= 4 is 41.4 Å². The molecule has 0 spiro atoms. The summed E-state index contributed by atoms with van der Waals surface area (Å²) in [6.45, 7) is 3.20. The molecule has 0 saturated carbocycles. The van der Waals surface area contributed by atoms with Crippen LogP contribution < -0.4 is 10.6 Å². The molecule has 2 aliphatic rings. The standard InChI is InChI=1S/C19H24ClN5O4/c20-14-3-1-2-4-15(14)22-17(27)11-16-19(29)21-5-6-25(16)18(28)12-23-7-9-24(13-26)10-8-23/h1-4,13,16H,5-12H2,(H,21,29)(H,22,27)/t16-/m1/s1. The van der Waals surface area contributed by atoms with Crippen molar-refractivity contribution in [3.05, 3.63) is 29.3 Å². The summed E-state index contributed by atoms with van der Waals surface area (Å²) >= 11 is 6.06. The Balaban J connectivity index is 1.60. The quantitative estimate of drug-likeness (QED) is 0.618. The van der Waals surface area contributed by atoms with Crippen LogP contribution in [0, 0.1) is 0 Å². The van der Waals surface area contributed by atoms with E-state index < -0.39 is 11.9 Å².